The number of benzene rings is 2. The summed E-state index contributed by atoms with van der Waals surface area (Å²) in [7, 11) is 1.74. The largest absolute Gasteiger partial charge is 0.487 e. The van der Waals surface area contributed by atoms with Crippen molar-refractivity contribution < 1.29 is 4.74 Å². The molecule has 2 aromatic heterocycles. The lowest BCUT2D eigenvalue weighted by Gasteiger charge is -2.15. The molecule has 31 heavy (non-hydrogen) atoms. The van der Waals surface area contributed by atoms with E-state index < -0.39 is 0 Å². The van der Waals surface area contributed by atoms with Gasteiger partial charge in [0.1, 0.15) is 12.4 Å². The lowest BCUT2D eigenvalue weighted by atomic mass is 10.1. The molecule has 0 bridgehead atoms. The van der Waals surface area contributed by atoms with Crippen LogP contribution in [0, 0.1) is 0 Å². The molecule has 4 aromatic rings. The van der Waals surface area contributed by atoms with Crippen LogP contribution in [0.5, 0.6) is 5.75 Å². The summed E-state index contributed by atoms with van der Waals surface area (Å²) in [5.74, 6) is 2.16. The minimum atomic E-state index is 0.430. The first-order chi connectivity index (χ1) is 15.2. The molecule has 2 aromatic carbocycles. The molecule has 4 rings (SSSR count). The standard InChI is InChI=1S/C23H23ClN6O/c1-25-23(27-15-22-29-28-21-12-6-7-13-30(21)22)26-14-17-8-2-3-9-18(17)16-31-20-11-5-4-10-19(20)24/h2-13H,14-16H2,1H3,(H2,25,26,27). The molecule has 0 amide bonds. The van der Waals surface area contributed by atoms with Gasteiger partial charge in [0.2, 0.25) is 0 Å². The second-order valence-corrected chi connectivity index (χ2v) is 7.22. The summed E-state index contributed by atoms with van der Waals surface area (Å²) in [5.41, 5.74) is 3.01. The predicted octanol–water partition coefficient (Wildman–Crippen LogP) is 3.83. The maximum Gasteiger partial charge on any atom is 0.191 e. The van der Waals surface area contributed by atoms with Gasteiger partial charge >= 0.3 is 0 Å². The second-order valence-electron chi connectivity index (χ2n) is 6.81. The Morgan fingerprint density at radius 3 is 2.52 bits per heavy atom. The van der Waals surface area contributed by atoms with E-state index in [1.807, 2.05) is 71.3 Å². The van der Waals surface area contributed by atoms with Crippen molar-refractivity contribution in [2.24, 2.45) is 4.99 Å². The van der Waals surface area contributed by atoms with E-state index in [2.05, 4.69) is 31.9 Å². The van der Waals surface area contributed by atoms with Crippen LogP contribution >= 0.6 is 11.6 Å². The number of hydrogen-bond donors (Lipinski definition) is 2. The number of halogens is 1. The quantitative estimate of drug-likeness (QED) is 0.341. The maximum absolute atomic E-state index is 6.19. The van der Waals surface area contributed by atoms with Crippen molar-refractivity contribution in [1.29, 1.82) is 0 Å². The van der Waals surface area contributed by atoms with Gasteiger partial charge in [-0.15, -0.1) is 10.2 Å². The minimum Gasteiger partial charge on any atom is -0.487 e. The average Bonchev–Trinajstić information content (AvgIpc) is 3.22. The molecule has 7 nitrogen and oxygen atoms in total. The fourth-order valence-electron chi connectivity index (χ4n) is 3.16. The molecule has 0 spiro atoms. The number of nitrogens with one attached hydrogen (secondary N) is 2. The van der Waals surface area contributed by atoms with Crippen LogP contribution in [0.4, 0.5) is 0 Å². The molecular weight excluding hydrogens is 412 g/mol. The van der Waals surface area contributed by atoms with E-state index >= 15 is 0 Å². The summed E-state index contributed by atoms with van der Waals surface area (Å²) in [4.78, 5) is 4.31. The van der Waals surface area contributed by atoms with Gasteiger partial charge in [0, 0.05) is 19.8 Å². The monoisotopic (exact) mass is 434 g/mol. The van der Waals surface area contributed by atoms with Gasteiger partial charge in [0.15, 0.2) is 17.4 Å². The molecule has 8 heteroatoms. The molecule has 0 saturated heterocycles. The van der Waals surface area contributed by atoms with E-state index in [0.29, 0.717) is 36.4 Å². The van der Waals surface area contributed by atoms with Crippen LogP contribution in [0.15, 0.2) is 77.9 Å². The molecule has 0 fully saturated rings. The first-order valence-electron chi connectivity index (χ1n) is 9.92. The highest BCUT2D eigenvalue weighted by Crippen LogP contribution is 2.24. The molecule has 2 N–H and O–H groups in total. The summed E-state index contributed by atoms with van der Waals surface area (Å²) in [6, 6.07) is 21.4. The van der Waals surface area contributed by atoms with Gasteiger partial charge in [-0.05, 0) is 35.4 Å². The van der Waals surface area contributed by atoms with Crippen molar-refractivity contribution in [3.05, 3.63) is 94.9 Å². The van der Waals surface area contributed by atoms with Crippen LogP contribution in [-0.2, 0) is 19.7 Å². The van der Waals surface area contributed by atoms with Gasteiger partial charge in [-0.3, -0.25) is 9.39 Å². The van der Waals surface area contributed by atoms with Crippen molar-refractivity contribution >= 4 is 23.2 Å². The van der Waals surface area contributed by atoms with Gasteiger partial charge in [0.05, 0.1) is 11.6 Å². The van der Waals surface area contributed by atoms with Crippen molar-refractivity contribution in [1.82, 2.24) is 25.2 Å². The average molecular weight is 435 g/mol. The van der Waals surface area contributed by atoms with Crippen molar-refractivity contribution in [3.8, 4) is 5.75 Å². The van der Waals surface area contributed by atoms with E-state index in [1.165, 1.54) is 0 Å². The third kappa shape index (κ3) is 5.13. The van der Waals surface area contributed by atoms with Crippen LogP contribution < -0.4 is 15.4 Å². The fourth-order valence-corrected chi connectivity index (χ4v) is 3.35. The number of aliphatic imine (C=N–C) groups is 1. The highest BCUT2D eigenvalue weighted by Gasteiger charge is 2.08. The smallest absolute Gasteiger partial charge is 0.191 e. The van der Waals surface area contributed by atoms with E-state index in [1.54, 1.807) is 7.05 Å². The number of ether oxygens (including phenoxy) is 1. The Balaban J connectivity index is 1.36. The van der Waals surface area contributed by atoms with Gasteiger partial charge in [-0.2, -0.15) is 0 Å². The minimum absolute atomic E-state index is 0.430. The molecular formula is C23H23ClN6O. The lowest BCUT2D eigenvalue weighted by Crippen LogP contribution is -2.37. The summed E-state index contributed by atoms with van der Waals surface area (Å²) in [6.45, 7) is 1.53. The Labute approximate surface area is 185 Å². The highest BCUT2D eigenvalue weighted by molar-refractivity contribution is 6.32. The molecule has 0 unspecified atom stereocenters. The number of nitrogens with zero attached hydrogens (tertiary/aromatic N) is 4. The van der Waals surface area contributed by atoms with Crippen LogP contribution in [0.1, 0.15) is 17.0 Å². The fraction of sp³-hybridized carbons (Fsp3) is 0.174. The van der Waals surface area contributed by atoms with Crippen LogP contribution in [-0.4, -0.2) is 27.6 Å². The van der Waals surface area contributed by atoms with Crippen LogP contribution in [0.25, 0.3) is 5.65 Å². The zero-order valence-corrected chi connectivity index (χ0v) is 17.9. The van der Waals surface area contributed by atoms with Crippen molar-refractivity contribution in [2.75, 3.05) is 7.05 Å². The molecule has 2 heterocycles. The number of para-hydroxylation sites is 1. The normalized spacial score (nSPS) is 11.5. The third-order valence-electron chi connectivity index (χ3n) is 4.81. The SMILES string of the molecule is CN=C(NCc1ccccc1COc1ccccc1Cl)NCc1nnc2ccccn12. The van der Waals surface area contributed by atoms with Crippen molar-refractivity contribution in [3.63, 3.8) is 0 Å². The number of guanidine groups is 1. The van der Waals surface area contributed by atoms with Crippen LogP contribution in [0.3, 0.4) is 0 Å². The number of pyridine rings is 1. The number of aromatic nitrogens is 3. The third-order valence-corrected chi connectivity index (χ3v) is 5.12. The Kier molecular flexibility index (Phi) is 6.64. The summed E-state index contributed by atoms with van der Waals surface area (Å²) in [6.07, 6.45) is 1.94. The Morgan fingerprint density at radius 1 is 0.935 bits per heavy atom. The van der Waals surface area contributed by atoms with E-state index in [-0.39, 0.29) is 0 Å². The lowest BCUT2D eigenvalue weighted by molar-refractivity contribution is 0.305. The number of hydrogen-bond acceptors (Lipinski definition) is 4. The molecule has 0 atom stereocenters. The van der Waals surface area contributed by atoms with Crippen LogP contribution in [0.2, 0.25) is 5.02 Å². The number of rotatable bonds is 7. The Morgan fingerprint density at radius 2 is 1.68 bits per heavy atom. The molecule has 0 aliphatic carbocycles. The number of fused-ring (bicyclic) bond motifs is 1. The first-order valence-corrected chi connectivity index (χ1v) is 10.3. The Hall–Kier alpha value is -3.58. The first kappa shape index (κ1) is 20.7. The summed E-state index contributed by atoms with van der Waals surface area (Å²) < 4.78 is 7.86. The Bertz CT molecular complexity index is 1190. The van der Waals surface area contributed by atoms with Gasteiger partial charge in [0.25, 0.3) is 0 Å². The maximum atomic E-state index is 6.19. The predicted molar refractivity (Wildman–Crippen MR) is 122 cm³/mol. The zero-order chi connectivity index (χ0) is 21.5. The molecule has 158 valence electrons. The zero-order valence-electron chi connectivity index (χ0n) is 17.1. The topological polar surface area (TPSA) is 75.8 Å². The molecule has 0 saturated carbocycles. The van der Waals surface area contributed by atoms with Gasteiger partial charge in [-0.25, -0.2) is 0 Å². The summed E-state index contributed by atoms with van der Waals surface area (Å²) in [5, 5.41) is 15.6. The highest BCUT2D eigenvalue weighted by atomic mass is 35.5. The summed E-state index contributed by atoms with van der Waals surface area (Å²) >= 11 is 6.19. The van der Waals surface area contributed by atoms with E-state index in [9.17, 15) is 0 Å². The van der Waals surface area contributed by atoms with E-state index in [0.717, 1.165) is 22.6 Å². The van der Waals surface area contributed by atoms with Crippen molar-refractivity contribution in [2.45, 2.75) is 19.7 Å². The van der Waals surface area contributed by atoms with Gasteiger partial charge < -0.3 is 15.4 Å². The molecule has 0 aliphatic heterocycles. The van der Waals surface area contributed by atoms with E-state index in [4.69, 9.17) is 16.3 Å². The molecule has 0 aliphatic rings. The second kappa shape index (κ2) is 9.95. The molecule has 0 radical (unpaired) electrons. The van der Waals surface area contributed by atoms with Gasteiger partial charge in [-0.1, -0.05) is 54.1 Å².